The molecular formula is C10H16N8O. The van der Waals surface area contributed by atoms with Gasteiger partial charge in [0.2, 0.25) is 11.9 Å². The number of hydrogen-bond donors (Lipinski definition) is 3. The highest BCUT2D eigenvalue weighted by atomic mass is 16.5. The van der Waals surface area contributed by atoms with Crippen molar-refractivity contribution in [3.8, 4) is 6.01 Å². The SMILES string of the molecule is COc1nc(NN)nc(NCCc2ccn(C)n2)n1. The number of hydrogen-bond acceptors (Lipinski definition) is 8. The van der Waals surface area contributed by atoms with Gasteiger partial charge < -0.3 is 10.1 Å². The lowest BCUT2D eigenvalue weighted by atomic mass is 10.3. The molecule has 2 aromatic rings. The van der Waals surface area contributed by atoms with Crippen molar-refractivity contribution in [3.63, 3.8) is 0 Å². The molecule has 2 heterocycles. The maximum Gasteiger partial charge on any atom is 0.322 e. The van der Waals surface area contributed by atoms with Gasteiger partial charge in [-0.2, -0.15) is 20.1 Å². The van der Waals surface area contributed by atoms with Crippen LogP contribution in [-0.4, -0.2) is 38.4 Å². The zero-order valence-electron chi connectivity index (χ0n) is 10.8. The van der Waals surface area contributed by atoms with Crippen LogP contribution in [0.1, 0.15) is 5.69 Å². The molecule has 0 amide bonds. The van der Waals surface area contributed by atoms with Crippen LogP contribution in [0, 0.1) is 0 Å². The standard InChI is InChI=1S/C10H16N8O/c1-18-6-4-7(17-18)3-5-12-8-13-9(16-11)15-10(14-8)19-2/h4,6H,3,5,11H2,1-2H3,(H2,12,13,14,15,16). The van der Waals surface area contributed by atoms with E-state index in [0.717, 1.165) is 12.1 Å². The highest BCUT2D eigenvalue weighted by Crippen LogP contribution is 2.09. The zero-order chi connectivity index (χ0) is 13.7. The zero-order valence-corrected chi connectivity index (χ0v) is 10.8. The quantitative estimate of drug-likeness (QED) is 0.475. The van der Waals surface area contributed by atoms with E-state index in [2.05, 4.69) is 30.8 Å². The van der Waals surface area contributed by atoms with Crippen LogP contribution in [0.5, 0.6) is 6.01 Å². The third-order valence-electron chi connectivity index (χ3n) is 2.36. The topological polar surface area (TPSA) is 116 Å². The van der Waals surface area contributed by atoms with E-state index in [1.165, 1.54) is 7.11 Å². The van der Waals surface area contributed by atoms with Crippen molar-refractivity contribution in [2.75, 3.05) is 24.4 Å². The molecule has 2 rings (SSSR count). The summed E-state index contributed by atoms with van der Waals surface area (Å²) in [7, 11) is 3.36. The smallest absolute Gasteiger partial charge is 0.322 e. The summed E-state index contributed by atoms with van der Waals surface area (Å²) in [5.41, 5.74) is 3.35. The first-order valence-electron chi connectivity index (χ1n) is 5.70. The van der Waals surface area contributed by atoms with Crippen molar-refractivity contribution in [2.45, 2.75) is 6.42 Å². The minimum absolute atomic E-state index is 0.197. The summed E-state index contributed by atoms with van der Waals surface area (Å²) in [4.78, 5) is 12.0. The highest BCUT2D eigenvalue weighted by molar-refractivity contribution is 5.34. The second kappa shape index (κ2) is 5.96. The Morgan fingerprint density at radius 1 is 1.32 bits per heavy atom. The molecule has 102 valence electrons. The summed E-state index contributed by atoms with van der Waals surface area (Å²) in [5, 5.41) is 7.34. The van der Waals surface area contributed by atoms with Gasteiger partial charge in [0, 0.05) is 26.2 Å². The van der Waals surface area contributed by atoms with Crippen molar-refractivity contribution < 1.29 is 4.74 Å². The molecule has 0 spiro atoms. The Hall–Kier alpha value is -2.42. The fraction of sp³-hybridized carbons (Fsp3) is 0.400. The van der Waals surface area contributed by atoms with Crippen LogP contribution in [-0.2, 0) is 13.5 Å². The molecule has 9 heteroatoms. The van der Waals surface area contributed by atoms with Crippen molar-refractivity contribution >= 4 is 11.9 Å². The molecule has 0 atom stereocenters. The number of anilines is 2. The van der Waals surface area contributed by atoms with E-state index < -0.39 is 0 Å². The molecule has 0 aromatic carbocycles. The summed E-state index contributed by atoms with van der Waals surface area (Å²) in [6.45, 7) is 0.647. The molecule has 0 aliphatic heterocycles. The summed E-state index contributed by atoms with van der Waals surface area (Å²) < 4.78 is 6.71. The van der Waals surface area contributed by atoms with Crippen LogP contribution in [0.15, 0.2) is 12.3 Å². The monoisotopic (exact) mass is 264 g/mol. The molecule has 9 nitrogen and oxygen atoms in total. The van der Waals surface area contributed by atoms with Gasteiger partial charge in [-0.15, -0.1) is 0 Å². The number of nitrogens with zero attached hydrogens (tertiary/aromatic N) is 5. The second-order valence-corrected chi connectivity index (χ2v) is 3.77. The Morgan fingerprint density at radius 2 is 2.11 bits per heavy atom. The number of methoxy groups -OCH3 is 1. The summed E-state index contributed by atoms with van der Waals surface area (Å²) in [5.74, 6) is 5.91. The van der Waals surface area contributed by atoms with Crippen molar-refractivity contribution in [3.05, 3.63) is 18.0 Å². The van der Waals surface area contributed by atoms with Crippen LogP contribution in [0.4, 0.5) is 11.9 Å². The van der Waals surface area contributed by atoms with E-state index in [1.807, 2.05) is 19.3 Å². The minimum Gasteiger partial charge on any atom is -0.467 e. The summed E-state index contributed by atoms with van der Waals surface area (Å²) >= 11 is 0. The Labute approximate surface area is 110 Å². The van der Waals surface area contributed by atoms with E-state index in [9.17, 15) is 0 Å². The van der Waals surface area contributed by atoms with Gasteiger partial charge in [-0.05, 0) is 6.07 Å². The van der Waals surface area contributed by atoms with E-state index in [1.54, 1.807) is 4.68 Å². The minimum atomic E-state index is 0.197. The Bertz CT molecular complexity index is 518. The van der Waals surface area contributed by atoms with Gasteiger partial charge in [0.25, 0.3) is 0 Å². The Balaban J connectivity index is 1.95. The number of nitrogens with one attached hydrogen (secondary N) is 2. The molecule has 0 radical (unpaired) electrons. The molecule has 4 N–H and O–H groups in total. The van der Waals surface area contributed by atoms with Gasteiger partial charge in [-0.1, -0.05) is 0 Å². The molecule has 19 heavy (non-hydrogen) atoms. The van der Waals surface area contributed by atoms with Crippen molar-refractivity contribution in [1.29, 1.82) is 0 Å². The number of nitrogens with two attached hydrogens (primary N) is 1. The van der Waals surface area contributed by atoms with Gasteiger partial charge in [0.1, 0.15) is 0 Å². The average molecular weight is 264 g/mol. The number of aromatic nitrogens is 5. The van der Waals surface area contributed by atoms with E-state index in [0.29, 0.717) is 12.5 Å². The van der Waals surface area contributed by atoms with Gasteiger partial charge in [0.15, 0.2) is 0 Å². The van der Waals surface area contributed by atoms with Crippen molar-refractivity contribution in [2.24, 2.45) is 12.9 Å². The van der Waals surface area contributed by atoms with Gasteiger partial charge in [0.05, 0.1) is 12.8 Å². The van der Waals surface area contributed by atoms with E-state index in [4.69, 9.17) is 10.6 Å². The summed E-state index contributed by atoms with van der Waals surface area (Å²) in [6, 6.07) is 2.16. The van der Waals surface area contributed by atoms with Gasteiger partial charge in [-0.25, -0.2) is 5.84 Å². The third kappa shape index (κ3) is 3.52. The van der Waals surface area contributed by atoms with E-state index in [-0.39, 0.29) is 12.0 Å². The molecule has 2 aromatic heterocycles. The third-order valence-corrected chi connectivity index (χ3v) is 2.36. The first-order chi connectivity index (χ1) is 9.21. The van der Waals surface area contributed by atoms with Gasteiger partial charge in [-0.3, -0.25) is 10.1 Å². The maximum atomic E-state index is 5.27. The first-order valence-corrected chi connectivity index (χ1v) is 5.70. The average Bonchev–Trinajstić information content (AvgIpc) is 2.84. The van der Waals surface area contributed by atoms with E-state index >= 15 is 0 Å². The molecular weight excluding hydrogens is 248 g/mol. The number of nitrogen functional groups attached to an aromatic ring is 1. The molecule has 0 fully saturated rings. The molecule has 0 aliphatic carbocycles. The van der Waals surface area contributed by atoms with Gasteiger partial charge >= 0.3 is 6.01 Å². The van der Waals surface area contributed by atoms with Crippen molar-refractivity contribution in [1.82, 2.24) is 24.7 Å². The highest BCUT2D eigenvalue weighted by Gasteiger charge is 2.05. The number of ether oxygens (including phenoxy) is 1. The molecule has 0 aliphatic rings. The van der Waals surface area contributed by atoms with Crippen LogP contribution in [0.2, 0.25) is 0 Å². The Morgan fingerprint density at radius 3 is 2.74 bits per heavy atom. The first kappa shape index (κ1) is 13.0. The molecule has 0 unspecified atom stereocenters. The predicted molar refractivity (Wildman–Crippen MR) is 69.6 cm³/mol. The van der Waals surface area contributed by atoms with Crippen LogP contribution >= 0.6 is 0 Å². The van der Waals surface area contributed by atoms with Crippen LogP contribution < -0.4 is 21.3 Å². The number of aryl methyl sites for hydroxylation is 1. The fourth-order valence-corrected chi connectivity index (χ4v) is 1.49. The lowest BCUT2D eigenvalue weighted by Crippen LogP contribution is -2.15. The molecule has 0 bridgehead atoms. The Kier molecular flexibility index (Phi) is 4.08. The normalized spacial score (nSPS) is 10.3. The van der Waals surface area contributed by atoms with Crippen LogP contribution in [0.3, 0.4) is 0 Å². The lowest BCUT2D eigenvalue weighted by Gasteiger charge is -2.06. The molecule has 0 saturated heterocycles. The van der Waals surface area contributed by atoms with Crippen LogP contribution in [0.25, 0.3) is 0 Å². The maximum absolute atomic E-state index is 5.27. The lowest BCUT2D eigenvalue weighted by molar-refractivity contribution is 0.379. The fourth-order valence-electron chi connectivity index (χ4n) is 1.49. The largest absolute Gasteiger partial charge is 0.467 e. The number of hydrazine groups is 1. The molecule has 0 saturated carbocycles. The number of rotatable bonds is 6. The summed E-state index contributed by atoms with van der Waals surface area (Å²) in [6.07, 6.45) is 2.66. The second-order valence-electron chi connectivity index (χ2n) is 3.77. The predicted octanol–water partition coefficient (Wildman–Crippen LogP) is -0.446.